The molecule has 35 heavy (non-hydrogen) atoms. The van der Waals surface area contributed by atoms with Gasteiger partial charge in [-0.1, -0.05) is 0 Å². The van der Waals surface area contributed by atoms with Gasteiger partial charge in [0.05, 0.1) is 0 Å². The normalized spacial score (nSPS) is 7.77. The molecule has 0 aliphatic heterocycles. The molecule has 0 amide bonds. The third-order valence-corrected chi connectivity index (χ3v) is 72.0. The second-order valence-electron chi connectivity index (χ2n) is 2.31. The van der Waals surface area contributed by atoms with E-state index in [0.29, 0.717) is 0 Å². The van der Waals surface area contributed by atoms with Gasteiger partial charge in [-0.15, -0.1) is 0 Å². The highest BCUT2D eigenvalue weighted by atomic mass is 33.5. The molecule has 0 aromatic rings. The van der Waals surface area contributed by atoms with Crippen LogP contribution in [0.25, 0.3) is 0 Å². The van der Waals surface area contributed by atoms with Gasteiger partial charge in [0.2, 0.25) is 0 Å². The Kier molecular flexibility index (Phi) is 48.5. The molecule has 35 heteroatoms. The van der Waals surface area contributed by atoms with Crippen LogP contribution in [0.5, 0.6) is 0 Å². The van der Waals surface area contributed by atoms with Crippen molar-refractivity contribution in [3.63, 3.8) is 0 Å². The van der Waals surface area contributed by atoms with Crippen molar-refractivity contribution < 1.29 is 0 Å². The predicted molar refractivity (Wildman–Crippen MR) is 258 cm³/mol. The van der Waals surface area contributed by atoms with E-state index in [4.69, 9.17) is 33.6 Å². The van der Waals surface area contributed by atoms with Crippen LogP contribution in [0, 0.1) is 0 Å². The van der Waals surface area contributed by atoms with Gasteiger partial charge in [0.25, 0.3) is 0 Å². The summed E-state index contributed by atoms with van der Waals surface area (Å²) in [5.74, 6) is 0. The van der Waals surface area contributed by atoms with Gasteiger partial charge in [0, 0.05) is 315 Å². The van der Waals surface area contributed by atoms with E-state index >= 15 is 0 Å². The zero-order valence-corrected chi connectivity index (χ0v) is 42.9. The van der Waals surface area contributed by atoms with Crippen molar-refractivity contribution in [2.24, 2.45) is 0 Å². The molecular weight excluding hydrogens is 1120 g/mol. The average Bonchev–Trinajstić information content (AvgIpc) is 2.85. The van der Waals surface area contributed by atoms with Crippen LogP contribution in [0.1, 0.15) is 0 Å². The Balaban J connectivity index is 6.02. The topological polar surface area (TPSA) is 0 Å². The van der Waals surface area contributed by atoms with E-state index in [0.717, 1.165) is 0 Å². The van der Waals surface area contributed by atoms with Crippen LogP contribution in [-0.2, 0) is 315 Å². The van der Waals surface area contributed by atoms with E-state index in [1.807, 2.05) is 124 Å². The van der Waals surface area contributed by atoms with Gasteiger partial charge in [-0.3, -0.25) is 0 Å². The second kappa shape index (κ2) is 39.7. The lowest BCUT2D eigenvalue weighted by Gasteiger charge is -1.41. The summed E-state index contributed by atoms with van der Waals surface area (Å²) in [6.07, 6.45) is 0. The SMILES string of the molecule is S=S=S=S=S=S=S=S=S=S=S=S=S=S=S=S=S=S=S=S=S=S=S=S=S=S=S=S=S=S=S=S=S(=S)=S. The highest BCUT2D eigenvalue weighted by molar-refractivity contribution is 8.81. The molecule has 0 aliphatic carbocycles. The molecule has 0 radical (unpaired) electrons. The number of hydrogen-bond acceptors (Lipinski definition) is 3. The zero-order valence-electron chi connectivity index (χ0n) is 14.3. The first-order valence-corrected chi connectivity index (χ1v) is 51.0. The van der Waals surface area contributed by atoms with E-state index in [2.05, 4.69) is 0 Å². The van der Waals surface area contributed by atoms with E-state index < -0.39 is 0 Å². The van der Waals surface area contributed by atoms with Gasteiger partial charge in [0.1, 0.15) is 0 Å². The minimum absolute atomic E-state index is 0.378. The van der Waals surface area contributed by atoms with Crippen LogP contribution >= 0.6 is 0 Å². The van der Waals surface area contributed by atoms with Crippen molar-refractivity contribution >= 4 is 315 Å². The van der Waals surface area contributed by atoms with Crippen LogP contribution in [-0.4, -0.2) is 0 Å². The molecule has 0 fully saturated rings. The Morgan fingerprint density at radius 2 is 0.429 bits per heavy atom. The highest BCUT2D eigenvalue weighted by Crippen LogP contribution is 1.44. The molecule has 0 aromatic heterocycles. The molecule has 0 bridgehead atoms. The summed E-state index contributed by atoms with van der Waals surface area (Å²) in [5, 5.41) is 0. The summed E-state index contributed by atoms with van der Waals surface area (Å²) < 4.78 is 0. The molecule has 0 aromatic carbocycles. The average molecular weight is 1120 g/mol. The molecule has 0 N–H and O–H groups in total. The maximum atomic E-state index is 4.95. The Morgan fingerprint density at radius 1 is 0.257 bits per heavy atom. The van der Waals surface area contributed by atoms with E-state index in [9.17, 15) is 0 Å². The van der Waals surface area contributed by atoms with Crippen LogP contribution < -0.4 is 0 Å². The van der Waals surface area contributed by atoms with E-state index in [1.54, 1.807) is 142 Å². The highest BCUT2D eigenvalue weighted by Gasteiger charge is 1.44. The fourth-order valence-electron chi connectivity index (χ4n) is 0.352. The fourth-order valence-corrected chi connectivity index (χ4v) is 85.4. The van der Waals surface area contributed by atoms with Crippen LogP contribution in [0.15, 0.2) is 0 Å². The lowest BCUT2D eigenvalue weighted by atomic mass is 30.7. The van der Waals surface area contributed by atoms with Crippen LogP contribution in [0.2, 0.25) is 0 Å². The van der Waals surface area contributed by atoms with Crippen molar-refractivity contribution in [1.29, 1.82) is 0 Å². The van der Waals surface area contributed by atoms with Gasteiger partial charge >= 0.3 is 0 Å². The van der Waals surface area contributed by atoms with Gasteiger partial charge in [-0.2, -0.15) is 0 Å². The maximum absolute atomic E-state index is 4.95. The Hall–Kier alpha value is 7.70. The quantitative estimate of drug-likeness (QED) is 0.334. The summed E-state index contributed by atoms with van der Waals surface area (Å²) in [6, 6.07) is 0. The molecule has 0 saturated heterocycles. The largest absolute Gasteiger partial charge is 0 e. The van der Waals surface area contributed by atoms with Crippen molar-refractivity contribution in [1.82, 2.24) is 0 Å². The standard InChI is InChI=1S/S35/c1-4-5-6-7-8-9-10-11-12-13-14-15-16-17-18-19-20-21-22-23-24-25-26-27-28-29-30-31-32-33-34-35(2)3. The van der Waals surface area contributed by atoms with Crippen molar-refractivity contribution in [3.8, 4) is 0 Å². The molecule has 0 saturated carbocycles. The summed E-state index contributed by atoms with van der Waals surface area (Å²) in [5.41, 5.74) is 0. The minimum Gasteiger partial charge on any atom is 0 e. The third-order valence-electron chi connectivity index (χ3n) is 0.889. The first kappa shape index (κ1) is 42.7. The summed E-state index contributed by atoms with van der Waals surface area (Å²) in [6.45, 7) is -0.378. The molecule has 0 atom stereocenters. The molecule has 0 unspecified atom stereocenters. The predicted octanol–water partition coefficient (Wildman–Crippen LogP) is -0.0840. The number of rotatable bonds is 0. The van der Waals surface area contributed by atoms with Gasteiger partial charge in [-0.05, 0) is 0 Å². The van der Waals surface area contributed by atoms with E-state index in [-0.39, 0.29) is 6.57 Å². The summed E-state index contributed by atoms with van der Waals surface area (Å²) in [4.78, 5) is 0. The lowest BCUT2D eigenvalue weighted by molar-refractivity contribution is 5.95. The van der Waals surface area contributed by atoms with Crippen molar-refractivity contribution in [2.45, 2.75) is 0 Å². The number of hydrogen-bond donors (Lipinski definition) is 0. The second-order valence-corrected chi connectivity index (χ2v) is 62.5. The Bertz CT molecular complexity index is 2240. The zero-order chi connectivity index (χ0) is 25.5. The molecule has 210 valence electrons. The minimum atomic E-state index is -0.378. The monoisotopic (exact) mass is 1120 g/mol. The molecule has 0 rings (SSSR count). The van der Waals surface area contributed by atoms with Crippen LogP contribution in [0.3, 0.4) is 0 Å². The molecular formula is S35. The van der Waals surface area contributed by atoms with E-state index in [1.165, 1.54) is 8.88 Å². The van der Waals surface area contributed by atoms with Gasteiger partial charge < -0.3 is 0 Å². The van der Waals surface area contributed by atoms with Crippen LogP contribution in [0.4, 0.5) is 0 Å². The molecule has 0 aliphatic rings. The molecule has 0 nitrogen and oxygen atoms in total. The third kappa shape index (κ3) is 41.7. The molecule has 0 heterocycles. The summed E-state index contributed by atoms with van der Waals surface area (Å²) in [7, 11) is 54.7. The Labute approximate surface area is 306 Å². The Morgan fingerprint density at radius 3 is 0.600 bits per heavy atom. The molecule has 0 spiro atoms. The maximum Gasteiger partial charge on any atom is 0 e. The first-order chi connectivity index (χ1) is 17.3. The fraction of sp³-hybridized carbons (Fsp3) is 0. The van der Waals surface area contributed by atoms with Crippen molar-refractivity contribution in [3.05, 3.63) is 0 Å². The lowest BCUT2D eigenvalue weighted by Crippen LogP contribution is -1.41. The first-order valence-electron chi connectivity index (χ1n) is 5.67. The van der Waals surface area contributed by atoms with Gasteiger partial charge in [-0.25, -0.2) is 0 Å². The van der Waals surface area contributed by atoms with Gasteiger partial charge in [0.15, 0.2) is 0 Å². The smallest absolute Gasteiger partial charge is 0 e. The summed E-state index contributed by atoms with van der Waals surface area (Å²) >= 11 is 14.7. The van der Waals surface area contributed by atoms with Crippen molar-refractivity contribution in [2.75, 3.05) is 0 Å².